The van der Waals surface area contributed by atoms with E-state index in [0.717, 1.165) is 0 Å². The highest BCUT2D eigenvalue weighted by Crippen LogP contribution is 2.25. The molecule has 0 aromatic carbocycles. The highest BCUT2D eigenvalue weighted by molar-refractivity contribution is 5.01. The van der Waals surface area contributed by atoms with Crippen molar-refractivity contribution >= 4 is 0 Å². The van der Waals surface area contributed by atoms with Gasteiger partial charge >= 0.3 is 0 Å². The molecule has 0 saturated carbocycles. The van der Waals surface area contributed by atoms with Crippen molar-refractivity contribution in [3.05, 3.63) is 25.3 Å². The Morgan fingerprint density at radius 2 is 1.42 bits per heavy atom. The van der Waals surface area contributed by atoms with Crippen molar-refractivity contribution in [3.8, 4) is 0 Å². The number of rotatable bonds is 13. The fraction of sp³-hybridized carbons (Fsp3) is 0.750. The SMILES string of the molecule is C=CC(CC(O)CN)CC(O)C(N)(O)C(N)C(C=C)CC(O)CN. The van der Waals surface area contributed by atoms with Crippen LogP contribution in [0, 0.1) is 11.8 Å². The summed E-state index contributed by atoms with van der Waals surface area (Å²) in [6, 6.07) is -1.06. The average Bonchev–Trinajstić information content (AvgIpc) is 2.57. The molecule has 0 radical (unpaired) electrons. The summed E-state index contributed by atoms with van der Waals surface area (Å²) in [5.74, 6) is -0.831. The Morgan fingerprint density at radius 1 is 0.917 bits per heavy atom. The topological polar surface area (TPSA) is 185 Å². The van der Waals surface area contributed by atoms with Gasteiger partial charge in [0.25, 0.3) is 0 Å². The Morgan fingerprint density at radius 3 is 1.83 bits per heavy atom. The summed E-state index contributed by atoms with van der Waals surface area (Å²) in [5, 5.41) is 40.1. The van der Waals surface area contributed by atoms with E-state index in [-0.39, 0.29) is 31.8 Å². The van der Waals surface area contributed by atoms with Gasteiger partial charge in [-0.05, 0) is 31.1 Å². The van der Waals surface area contributed by atoms with Gasteiger partial charge in [-0.2, -0.15) is 0 Å². The van der Waals surface area contributed by atoms with Gasteiger partial charge in [0.05, 0.1) is 24.4 Å². The Hall–Kier alpha value is -0.840. The monoisotopic (exact) mass is 346 g/mol. The maximum absolute atomic E-state index is 10.5. The molecule has 12 N–H and O–H groups in total. The molecule has 0 rings (SSSR count). The van der Waals surface area contributed by atoms with Crippen molar-refractivity contribution in [1.82, 2.24) is 0 Å². The molecular weight excluding hydrogens is 312 g/mol. The zero-order chi connectivity index (χ0) is 18.9. The first-order valence-corrected chi connectivity index (χ1v) is 8.10. The van der Waals surface area contributed by atoms with Gasteiger partial charge in [-0.3, -0.25) is 0 Å². The van der Waals surface area contributed by atoms with Crippen LogP contribution in [0.5, 0.6) is 0 Å². The molecule has 8 nitrogen and oxygen atoms in total. The van der Waals surface area contributed by atoms with Crippen LogP contribution in [0.1, 0.15) is 19.3 Å². The van der Waals surface area contributed by atoms with Crippen molar-refractivity contribution in [3.63, 3.8) is 0 Å². The van der Waals surface area contributed by atoms with E-state index in [9.17, 15) is 20.4 Å². The van der Waals surface area contributed by atoms with Crippen LogP contribution in [0.3, 0.4) is 0 Å². The summed E-state index contributed by atoms with van der Waals surface area (Å²) in [4.78, 5) is 0. The molecule has 7 atom stereocenters. The van der Waals surface area contributed by atoms with Crippen molar-refractivity contribution in [2.75, 3.05) is 13.1 Å². The third kappa shape index (κ3) is 6.96. The fourth-order valence-corrected chi connectivity index (χ4v) is 2.57. The summed E-state index contributed by atoms with van der Waals surface area (Å²) < 4.78 is 0. The minimum atomic E-state index is -2.11. The van der Waals surface area contributed by atoms with Crippen LogP contribution in [-0.2, 0) is 0 Å². The molecule has 0 aromatic rings. The van der Waals surface area contributed by atoms with E-state index in [1.165, 1.54) is 6.08 Å². The van der Waals surface area contributed by atoms with Gasteiger partial charge in [-0.1, -0.05) is 12.2 Å². The van der Waals surface area contributed by atoms with Crippen LogP contribution >= 0.6 is 0 Å². The molecule has 0 spiro atoms. The van der Waals surface area contributed by atoms with Gasteiger partial charge in [-0.15, -0.1) is 13.2 Å². The lowest BCUT2D eigenvalue weighted by molar-refractivity contribution is -0.104. The molecule has 0 aliphatic heterocycles. The third-order valence-electron chi connectivity index (χ3n) is 4.35. The van der Waals surface area contributed by atoms with Crippen LogP contribution in [0.2, 0.25) is 0 Å². The molecule has 0 heterocycles. The van der Waals surface area contributed by atoms with Crippen molar-refractivity contribution in [1.29, 1.82) is 0 Å². The molecule has 0 bridgehead atoms. The van der Waals surface area contributed by atoms with Crippen LogP contribution < -0.4 is 22.9 Å². The Kier molecular flexibility index (Phi) is 10.5. The number of aliphatic hydroxyl groups is 4. The van der Waals surface area contributed by atoms with Gasteiger partial charge in [-0.25, -0.2) is 0 Å². The lowest BCUT2D eigenvalue weighted by atomic mass is 9.81. The summed E-state index contributed by atoms with van der Waals surface area (Å²) >= 11 is 0. The van der Waals surface area contributed by atoms with Crippen molar-refractivity contribution in [2.24, 2.45) is 34.8 Å². The van der Waals surface area contributed by atoms with Crippen LogP contribution in [0.15, 0.2) is 25.3 Å². The molecular formula is C16H34N4O4. The summed E-state index contributed by atoms with van der Waals surface area (Å²) in [6.45, 7) is 7.40. The number of aliphatic hydroxyl groups excluding tert-OH is 3. The summed E-state index contributed by atoms with van der Waals surface area (Å²) in [7, 11) is 0. The number of allylic oxidation sites excluding steroid dienone is 1. The van der Waals surface area contributed by atoms with Crippen LogP contribution in [0.4, 0.5) is 0 Å². The molecule has 0 aliphatic rings. The minimum absolute atomic E-state index is 0.0398. The van der Waals surface area contributed by atoms with E-state index in [1.807, 2.05) is 0 Å². The van der Waals surface area contributed by atoms with E-state index in [1.54, 1.807) is 6.08 Å². The van der Waals surface area contributed by atoms with Gasteiger partial charge in [0.1, 0.15) is 0 Å². The smallest absolute Gasteiger partial charge is 0.155 e. The quantitative estimate of drug-likeness (QED) is 0.135. The lowest BCUT2D eigenvalue weighted by Crippen LogP contribution is -2.65. The maximum atomic E-state index is 10.5. The van der Waals surface area contributed by atoms with E-state index >= 15 is 0 Å². The average molecular weight is 346 g/mol. The van der Waals surface area contributed by atoms with Gasteiger partial charge in [0.2, 0.25) is 0 Å². The zero-order valence-electron chi connectivity index (χ0n) is 14.2. The number of hydrogen-bond acceptors (Lipinski definition) is 8. The highest BCUT2D eigenvalue weighted by Gasteiger charge is 2.42. The maximum Gasteiger partial charge on any atom is 0.155 e. The van der Waals surface area contributed by atoms with E-state index in [0.29, 0.717) is 6.42 Å². The first-order chi connectivity index (χ1) is 11.1. The normalized spacial score (nSPS) is 21.8. The zero-order valence-corrected chi connectivity index (χ0v) is 14.2. The second-order valence-corrected chi connectivity index (χ2v) is 6.31. The van der Waals surface area contributed by atoms with Crippen molar-refractivity contribution < 1.29 is 20.4 Å². The largest absolute Gasteiger partial charge is 0.392 e. The standard InChI is InChI=1S/C16H34N4O4/c1-3-10(5-12(21)8-17)6-14(23)16(20,24)15(19)11(4-2)7-13(22)9-18/h3-4,10-15,21-24H,1-2,5-9,17-20H2. The summed E-state index contributed by atoms with van der Waals surface area (Å²) in [5.41, 5.74) is 20.5. The lowest BCUT2D eigenvalue weighted by Gasteiger charge is -2.39. The molecule has 8 heteroatoms. The first kappa shape index (κ1) is 23.2. The van der Waals surface area contributed by atoms with Gasteiger partial charge in [0, 0.05) is 13.1 Å². The predicted octanol–water partition coefficient (Wildman–Crippen LogP) is -2.26. The molecule has 0 aromatic heterocycles. The van der Waals surface area contributed by atoms with E-state index < -0.39 is 36.0 Å². The molecule has 7 unspecified atom stereocenters. The molecule has 24 heavy (non-hydrogen) atoms. The first-order valence-electron chi connectivity index (χ1n) is 8.10. The highest BCUT2D eigenvalue weighted by atomic mass is 16.4. The van der Waals surface area contributed by atoms with E-state index in [2.05, 4.69) is 13.2 Å². The van der Waals surface area contributed by atoms with Crippen molar-refractivity contribution in [2.45, 2.75) is 49.3 Å². The molecule has 0 aliphatic carbocycles. The molecule has 0 fully saturated rings. The van der Waals surface area contributed by atoms with Crippen LogP contribution in [0.25, 0.3) is 0 Å². The van der Waals surface area contributed by atoms with Gasteiger partial charge in [0.15, 0.2) is 5.72 Å². The van der Waals surface area contributed by atoms with Crippen LogP contribution in [-0.4, -0.2) is 63.6 Å². The number of hydrogen-bond donors (Lipinski definition) is 8. The Bertz CT molecular complexity index is 381. The summed E-state index contributed by atoms with van der Waals surface area (Å²) in [6.07, 6.45) is 0.642. The second-order valence-electron chi connectivity index (χ2n) is 6.31. The fourth-order valence-electron chi connectivity index (χ4n) is 2.57. The third-order valence-corrected chi connectivity index (χ3v) is 4.35. The predicted molar refractivity (Wildman–Crippen MR) is 94.5 cm³/mol. The Balaban J connectivity index is 4.97. The number of nitrogens with two attached hydrogens (primary N) is 4. The minimum Gasteiger partial charge on any atom is -0.392 e. The molecule has 0 saturated heterocycles. The molecule has 142 valence electrons. The second kappa shape index (κ2) is 10.9. The Labute approximate surface area is 143 Å². The van der Waals surface area contributed by atoms with E-state index in [4.69, 9.17) is 22.9 Å². The van der Waals surface area contributed by atoms with Gasteiger partial charge < -0.3 is 43.4 Å². The molecule has 0 amide bonds.